The summed E-state index contributed by atoms with van der Waals surface area (Å²) in [5.41, 5.74) is 7.25. The van der Waals surface area contributed by atoms with Crippen LogP contribution in [0.3, 0.4) is 0 Å². The second-order valence-corrected chi connectivity index (χ2v) is 5.26. The van der Waals surface area contributed by atoms with Gasteiger partial charge in [-0.1, -0.05) is 24.3 Å². The molecule has 0 amide bonds. The van der Waals surface area contributed by atoms with Gasteiger partial charge in [0.05, 0.1) is 20.8 Å². The predicted molar refractivity (Wildman–Crippen MR) is 95.6 cm³/mol. The maximum atomic E-state index is 11.5. The van der Waals surface area contributed by atoms with Crippen LogP contribution >= 0.6 is 0 Å². The topological polar surface area (TPSA) is 91.0 Å². The summed E-state index contributed by atoms with van der Waals surface area (Å²) in [6, 6.07) is 11.5. The number of ether oxygens (including phenoxy) is 3. The normalized spacial score (nSPS) is 12.0. The van der Waals surface area contributed by atoms with Gasteiger partial charge in [0, 0.05) is 6.07 Å². The van der Waals surface area contributed by atoms with Gasteiger partial charge < -0.3 is 25.1 Å². The van der Waals surface area contributed by atoms with Crippen LogP contribution in [0.15, 0.2) is 42.5 Å². The third-order valence-electron chi connectivity index (χ3n) is 3.44. The molecule has 2 rings (SSSR count). The first-order valence-electron chi connectivity index (χ1n) is 7.65. The average molecular weight is 343 g/mol. The van der Waals surface area contributed by atoms with Gasteiger partial charge >= 0.3 is 5.97 Å². The summed E-state index contributed by atoms with van der Waals surface area (Å²) in [4.78, 5) is 11.5. The van der Waals surface area contributed by atoms with Crippen LogP contribution in [0.4, 0.5) is 0 Å². The Hall–Kier alpha value is -2.83. The van der Waals surface area contributed by atoms with E-state index in [1.54, 1.807) is 44.6 Å². The van der Waals surface area contributed by atoms with Crippen molar-refractivity contribution < 1.29 is 24.1 Å². The highest BCUT2D eigenvalue weighted by Crippen LogP contribution is 2.24. The van der Waals surface area contributed by atoms with Gasteiger partial charge in [-0.25, -0.2) is 4.79 Å². The van der Waals surface area contributed by atoms with E-state index >= 15 is 0 Å². The zero-order valence-electron chi connectivity index (χ0n) is 14.1. The Balaban J connectivity index is 2.08. The van der Waals surface area contributed by atoms with Gasteiger partial charge in [0.1, 0.15) is 23.3 Å². The zero-order valence-corrected chi connectivity index (χ0v) is 14.1. The third-order valence-corrected chi connectivity index (χ3v) is 3.44. The maximum Gasteiger partial charge on any atom is 0.330 e. The molecule has 0 radical (unpaired) electrons. The molecule has 1 atom stereocenters. The van der Waals surface area contributed by atoms with Crippen molar-refractivity contribution >= 4 is 18.1 Å². The Labute approximate surface area is 146 Å². The van der Waals surface area contributed by atoms with E-state index in [-0.39, 0.29) is 0 Å². The highest BCUT2D eigenvalue weighted by molar-refractivity contribution is 5.78. The van der Waals surface area contributed by atoms with E-state index in [1.807, 2.05) is 24.3 Å². The van der Waals surface area contributed by atoms with Crippen molar-refractivity contribution in [1.82, 2.24) is 0 Å². The van der Waals surface area contributed by atoms with E-state index in [1.165, 1.54) is 0 Å². The van der Waals surface area contributed by atoms with E-state index < -0.39 is 18.6 Å². The summed E-state index contributed by atoms with van der Waals surface area (Å²) in [6.45, 7) is -0.455. The van der Waals surface area contributed by atoms with Crippen LogP contribution in [-0.4, -0.2) is 37.9 Å². The van der Waals surface area contributed by atoms with Crippen LogP contribution in [0.25, 0.3) is 12.2 Å². The second-order valence-electron chi connectivity index (χ2n) is 5.26. The number of carbonyl (C=O) groups excluding carboxylic acids is 1. The van der Waals surface area contributed by atoms with E-state index in [9.17, 15) is 4.79 Å². The summed E-state index contributed by atoms with van der Waals surface area (Å²) < 4.78 is 15.5. The van der Waals surface area contributed by atoms with Crippen LogP contribution in [0.1, 0.15) is 11.1 Å². The molecule has 0 aliphatic carbocycles. The maximum absolute atomic E-state index is 11.5. The molecule has 3 N–H and O–H groups in total. The molecule has 0 heterocycles. The van der Waals surface area contributed by atoms with E-state index in [2.05, 4.69) is 0 Å². The van der Waals surface area contributed by atoms with Crippen molar-refractivity contribution in [3.63, 3.8) is 0 Å². The molecule has 0 saturated carbocycles. The number of nitrogens with two attached hydrogens (primary N) is 1. The first kappa shape index (κ1) is 18.5. The lowest BCUT2D eigenvalue weighted by molar-refractivity contribution is -0.136. The Morgan fingerprint density at radius 1 is 1.00 bits per heavy atom. The Morgan fingerprint density at radius 3 is 2.08 bits per heavy atom. The van der Waals surface area contributed by atoms with Gasteiger partial charge in [-0.3, -0.25) is 0 Å². The van der Waals surface area contributed by atoms with Gasteiger partial charge in [0.25, 0.3) is 0 Å². The number of hydrogen-bond donors (Lipinski definition) is 2. The van der Waals surface area contributed by atoms with Gasteiger partial charge in [0.15, 0.2) is 0 Å². The largest absolute Gasteiger partial charge is 0.497 e. The molecule has 132 valence electrons. The fourth-order valence-electron chi connectivity index (χ4n) is 2.03. The summed E-state index contributed by atoms with van der Waals surface area (Å²) in [5.74, 6) is 1.12. The molecular weight excluding hydrogens is 322 g/mol. The molecule has 25 heavy (non-hydrogen) atoms. The minimum atomic E-state index is -1.04. The Bertz CT molecular complexity index is 718. The highest BCUT2D eigenvalue weighted by atomic mass is 16.5. The van der Waals surface area contributed by atoms with Crippen molar-refractivity contribution in [2.45, 2.75) is 6.04 Å². The van der Waals surface area contributed by atoms with Gasteiger partial charge in [-0.2, -0.15) is 0 Å². The first-order chi connectivity index (χ1) is 12.0. The molecule has 0 aliphatic rings. The molecule has 6 nitrogen and oxygen atoms in total. The quantitative estimate of drug-likeness (QED) is 0.454. The molecule has 0 saturated heterocycles. The number of benzene rings is 2. The summed E-state index contributed by atoms with van der Waals surface area (Å²) >= 11 is 0. The monoisotopic (exact) mass is 343 g/mol. The van der Waals surface area contributed by atoms with Crippen LogP contribution in [0, 0.1) is 0 Å². The molecule has 1 unspecified atom stereocenters. The van der Waals surface area contributed by atoms with Crippen molar-refractivity contribution in [2.75, 3.05) is 20.8 Å². The lowest BCUT2D eigenvalue weighted by Gasteiger charge is -2.08. The molecule has 2 aromatic rings. The highest BCUT2D eigenvalue weighted by Gasteiger charge is 2.14. The van der Waals surface area contributed by atoms with Crippen molar-refractivity contribution in [3.05, 3.63) is 53.6 Å². The summed E-state index contributed by atoms with van der Waals surface area (Å²) in [6.07, 6.45) is 3.84. The lowest BCUT2D eigenvalue weighted by Crippen LogP contribution is -2.37. The number of esters is 1. The van der Waals surface area contributed by atoms with Crippen LogP contribution < -0.4 is 19.9 Å². The molecule has 0 aliphatic heterocycles. The third kappa shape index (κ3) is 5.34. The molecular formula is C19H21NO5. The van der Waals surface area contributed by atoms with Gasteiger partial charge in [-0.15, -0.1) is 0 Å². The average Bonchev–Trinajstić information content (AvgIpc) is 2.66. The van der Waals surface area contributed by atoms with E-state index in [4.69, 9.17) is 25.1 Å². The fourth-order valence-corrected chi connectivity index (χ4v) is 2.03. The predicted octanol–water partition coefficient (Wildman–Crippen LogP) is 2.10. The number of hydrogen-bond acceptors (Lipinski definition) is 6. The lowest BCUT2D eigenvalue weighted by atomic mass is 10.1. The Morgan fingerprint density at radius 2 is 1.56 bits per heavy atom. The molecule has 0 bridgehead atoms. The van der Waals surface area contributed by atoms with E-state index in [0.717, 1.165) is 11.1 Å². The first-order valence-corrected chi connectivity index (χ1v) is 7.65. The van der Waals surface area contributed by atoms with Crippen molar-refractivity contribution in [3.8, 4) is 17.2 Å². The minimum absolute atomic E-state index is 0.370. The molecule has 2 aromatic carbocycles. The number of carbonyl (C=O) groups is 1. The van der Waals surface area contributed by atoms with Crippen LogP contribution in [0.2, 0.25) is 0 Å². The number of rotatable bonds is 7. The summed E-state index contributed by atoms with van der Waals surface area (Å²) in [5, 5.41) is 8.83. The minimum Gasteiger partial charge on any atom is -0.497 e. The molecule has 0 fully saturated rings. The zero-order chi connectivity index (χ0) is 18.2. The van der Waals surface area contributed by atoms with Gasteiger partial charge in [0.2, 0.25) is 0 Å². The van der Waals surface area contributed by atoms with Gasteiger partial charge in [-0.05, 0) is 35.4 Å². The van der Waals surface area contributed by atoms with E-state index in [0.29, 0.717) is 17.2 Å². The van der Waals surface area contributed by atoms with Crippen LogP contribution in [0.5, 0.6) is 17.2 Å². The smallest absolute Gasteiger partial charge is 0.330 e. The van der Waals surface area contributed by atoms with Crippen molar-refractivity contribution in [1.29, 1.82) is 0 Å². The summed E-state index contributed by atoms with van der Waals surface area (Å²) in [7, 11) is 3.20. The molecule has 6 heteroatoms. The van der Waals surface area contributed by atoms with Crippen LogP contribution in [-0.2, 0) is 4.79 Å². The number of aliphatic hydroxyl groups is 1. The molecule has 0 spiro atoms. The SMILES string of the molecule is COc1cc(C=Cc2ccc(OC(=O)C(N)CO)cc2)cc(OC)c1. The second kappa shape index (κ2) is 8.86. The Kier molecular flexibility index (Phi) is 6.56. The number of aliphatic hydroxyl groups excluding tert-OH is 1. The molecule has 0 aromatic heterocycles. The number of methoxy groups -OCH3 is 2. The van der Waals surface area contributed by atoms with Crippen molar-refractivity contribution in [2.24, 2.45) is 5.73 Å². The fraction of sp³-hybridized carbons (Fsp3) is 0.211. The standard InChI is InChI=1S/C19H21NO5/c1-23-16-9-14(10-17(11-16)24-2)4-3-13-5-7-15(8-6-13)25-19(22)18(20)12-21/h3-11,18,21H,12,20H2,1-2H3.